The minimum absolute atomic E-state index is 0.217. The predicted molar refractivity (Wildman–Crippen MR) is 81.1 cm³/mol. The summed E-state index contributed by atoms with van der Waals surface area (Å²) in [6.45, 7) is 1.80. The van der Waals surface area contributed by atoms with Gasteiger partial charge in [0.25, 0.3) is 10.0 Å². The number of benzene rings is 2. The topological polar surface area (TPSA) is 46.2 Å². The highest BCUT2D eigenvalue weighted by Crippen LogP contribution is 2.27. The van der Waals surface area contributed by atoms with Gasteiger partial charge >= 0.3 is 0 Å². The maximum absolute atomic E-state index is 13.7. The van der Waals surface area contributed by atoms with Crippen molar-refractivity contribution in [1.82, 2.24) is 0 Å². The Morgan fingerprint density at radius 2 is 1.90 bits per heavy atom. The first-order valence-electron chi connectivity index (χ1n) is 5.53. The van der Waals surface area contributed by atoms with Crippen LogP contribution in [0.3, 0.4) is 0 Å². The van der Waals surface area contributed by atoms with E-state index in [4.69, 9.17) is 11.6 Å². The number of nitrogens with one attached hydrogen (secondary N) is 1. The van der Waals surface area contributed by atoms with Crippen molar-refractivity contribution in [1.29, 1.82) is 0 Å². The molecule has 0 aliphatic heterocycles. The van der Waals surface area contributed by atoms with Gasteiger partial charge in [-0.1, -0.05) is 33.6 Å². The lowest BCUT2D eigenvalue weighted by Crippen LogP contribution is -2.15. The van der Waals surface area contributed by atoms with Gasteiger partial charge in [0.05, 0.1) is 10.7 Å². The average molecular weight is 379 g/mol. The van der Waals surface area contributed by atoms with E-state index in [-0.39, 0.29) is 10.7 Å². The van der Waals surface area contributed by atoms with Gasteiger partial charge in [-0.2, -0.15) is 0 Å². The summed E-state index contributed by atoms with van der Waals surface area (Å²) < 4.78 is 40.8. The third kappa shape index (κ3) is 3.31. The van der Waals surface area contributed by atoms with Crippen LogP contribution in [0.15, 0.2) is 45.8 Å². The smallest absolute Gasteiger partial charge is 0.264 e. The van der Waals surface area contributed by atoms with Gasteiger partial charge in [0.1, 0.15) is 10.7 Å². The van der Waals surface area contributed by atoms with Gasteiger partial charge < -0.3 is 0 Å². The molecule has 0 saturated carbocycles. The number of anilines is 1. The third-order valence-electron chi connectivity index (χ3n) is 2.55. The van der Waals surface area contributed by atoms with Crippen molar-refractivity contribution in [2.24, 2.45) is 0 Å². The highest BCUT2D eigenvalue weighted by Gasteiger charge is 2.20. The second-order valence-corrected chi connectivity index (χ2v) is 7.14. The number of hydrogen-bond donors (Lipinski definition) is 1. The van der Waals surface area contributed by atoms with E-state index in [9.17, 15) is 12.8 Å². The normalized spacial score (nSPS) is 11.4. The molecule has 7 heteroatoms. The van der Waals surface area contributed by atoms with Crippen LogP contribution in [0, 0.1) is 12.7 Å². The highest BCUT2D eigenvalue weighted by atomic mass is 79.9. The van der Waals surface area contributed by atoms with E-state index in [2.05, 4.69) is 20.7 Å². The summed E-state index contributed by atoms with van der Waals surface area (Å²) in [7, 11) is -4.03. The van der Waals surface area contributed by atoms with Crippen molar-refractivity contribution < 1.29 is 12.8 Å². The van der Waals surface area contributed by atoms with E-state index in [0.29, 0.717) is 4.47 Å². The van der Waals surface area contributed by atoms with Crippen LogP contribution in [0.25, 0.3) is 0 Å². The van der Waals surface area contributed by atoms with Crippen molar-refractivity contribution in [3.8, 4) is 0 Å². The van der Waals surface area contributed by atoms with Crippen LogP contribution in [0.4, 0.5) is 10.1 Å². The Hall–Kier alpha value is -1.11. The van der Waals surface area contributed by atoms with E-state index in [1.54, 1.807) is 25.1 Å². The number of rotatable bonds is 3. The molecule has 2 rings (SSSR count). The van der Waals surface area contributed by atoms with Gasteiger partial charge in [-0.15, -0.1) is 0 Å². The molecule has 0 aliphatic carbocycles. The Morgan fingerprint density at radius 3 is 2.55 bits per heavy atom. The molecule has 0 aliphatic rings. The summed E-state index contributed by atoms with van der Waals surface area (Å²) in [5.74, 6) is -0.837. The van der Waals surface area contributed by atoms with Crippen LogP contribution < -0.4 is 4.72 Å². The zero-order valence-electron chi connectivity index (χ0n) is 10.3. The number of hydrogen-bond acceptors (Lipinski definition) is 2. The van der Waals surface area contributed by atoms with E-state index in [1.807, 2.05) is 0 Å². The van der Waals surface area contributed by atoms with Crippen LogP contribution in [0.1, 0.15) is 5.56 Å². The van der Waals surface area contributed by atoms with Gasteiger partial charge in [0, 0.05) is 4.47 Å². The average Bonchev–Trinajstić information content (AvgIpc) is 2.33. The molecular weight excluding hydrogens is 369 g/mol. The number of aryl methyl sites for hydroxylation is 1. The fourth-order valence-corrected chi connectivity index (χ4v) is 3.30. The Bertz CT molecular complexity index is 765. The second-order valence-electron chi connectivity index (χ2n) is 4.16. The van der Waals surface area contributed by atoms with Gasteiger partial charge in [-0.05, 0) is 42.8 Å². The van der Waals surface area contributed by atoms with E-state index >= 15 is 0 Å². The predicted octanol–water partition coefficient (Wildman–Crippen LogP) is 4.35. The summed E-state index contributed by atoms with van der Waals surface area (Å²) in [5.41, 5.74) is 1.05. The molecule has 3 nitrogen and oxygen atoms in total. The highest BCUT2D eigenvalue weighted by molar-refractivity contribution is 9.10. The Balaban J connectivity index is 2.43. The molecule has 0 aromatic heterocycles. The van der Waals surface area contributed by atoms with Crippen LogP contribution in [-0.4, -0.2) is 8.42 Å². The molecule has 0 fully saturated rings. The van der Waals surface area contributed by atoms with Crippen LogP contribution in [-0.2, 0) is 10.0 Å². The lowest BCUT2D eigenvalue weighted by atomic mass is 10.2. The second kappa shape index (κ2) is 5.71. The van der Waals surface area contributed by atoms with Crippen molar-refractivity contribution in [2.75, 3.05) is 4.72 Å². The molecule has 1 N–H and O–H groups in total. The SMILES string of the molecule is Cc1ccc(Cl)c(NS(=O)(=O)c2ccc(Br)cc2F)c1. The van der Waals surface area contributed by atoms with Crippen molar-refractivity contribution in [3.63, 3.8) is 0 Å². The third-order valence-corrected chi connectivity index (χ3v) is 4.77. The Kier molecular flexibility index (Phi) is 4.36. The number of sulfonamides is 1. The molecule has 2 aromatic carbocycles. The Morgan fingerprint density at radius 1 is 1.20 bits per heavy atom. The summed E-state index contributed by atoms with van der Waals surface area (Å²) in [6, 6.07) is 8.64. The van der Waals surface area contributed by atoms with Gasteiger partial charge in [-0.3, -0.25) is 4.72 Å². The van der Waals surface area contributed by atoms with Crippen molar-refractivity contribution in [3.05, 3.63) is 57.3 Å². The quantitative estimate of drug-likeness (QED) is 0.863. The van der Waals surface area contributed by atoms with E-state index in [0.717, 1.165) is 11.6 Å². The van der Waals surface area contributed by atoms with Crippen LogP contribution in [0.2, 0.25) is 5.02 Å². The zero-order chi connectivity index (χ0) is 14.9. The lowest BCUT2D eigenvalue weighted by molar-refractivity contribution is 0.570. The molecule has 0 radical (unpaired) electrons. The first kappa shape index (κ1) is 15.3. The van der Waals surface area contributed by atoms with Gasteiger partial charge in [-0.25, -0.2) is 12.8 Å². The largest absolute Gasteiger partial charge is 0.278 e. The molecular formula is C13H10BrClFNO2S. The molecule has 0 spiro atoms. The lowest BCUT2D eigenvalue weighted by Gasteiger charge is -2.11. The van der Waals surface area contributed by atoms with Gasteiger partial charge in [0.2, 0.25) is 0 Å². The molecule has 20 heavy (non-hydrogen) atoms. The summed E-state index contributed by atoms with van der Waals surface area (Å²) in [6.07, 6.45) is 0. The van der Waals surface area contributed by atoms with Crippen LogP contribution in [0.5, 0.6) is 0 Å². The minimum atomic E-state index is -4.03. The van der Waals surface area contributed by atoms with E-state index < -0.39 is 20.7 Å². The van der Waals surface area contributed by atoms with E-state index in [1.165, 1.54) is 12.1 Å². The maximum atomic E-state index is 13.7. The molecule has 0 heterocycles. The maximum Gasteiger partial charge on any atom is 0.264 e. The first-order valence-corrected chi connectivity index (χ1v) is 8.19. The molecule has 2 aromatic rings. The summed E-state index contributed by atoms with van der Waals surface area (Å²) in [4.78, 5) is -0.432. The monoisotopic (exact) mass is 377 g/mol. The molecule has 0 amide bonds. The molecule has 0 atom stereocenters. The molecule has 0 bridgehead atoms. The van der Waals surface area contributed by atoms with Crippen LogP contribution >= 0.6 is 27.5 Å². The van der Waals surface area contributed by atoms with Crippen molar-refractivity contribution >= 4 is 43.2 Å². The zero-order valence-corrected chi connectivity index (χ0v) is 13.5. The minimum Gasteiger partial charge on any atom is -0.278 e. The Labute approximate surface area is 130 Å². The molecule has 0 unspecified atom stereocenters. The standard InChI is InChI=1S/C13H10BrClFNO2S/c1-8-2-4-10(15)12(6-8)17-20(18,19)13-5-3-9(14)7-11(13)16/h2-7,17H,1H3. The summed E-state index contributed by atoms with van der Waals surface area (Å²) >= 11 is 9.00. The van der Waals surface area contributed by atoms with Crippen molar-refractivity contribution in [2.45, 2.75) is 11.8 Å². The number of halogens is 3. The fourth-order valence-electron chi connectivity index (χ4n) is 1.61. The fraction of sp³-hybridized carbons (Fsp3) is 0.0769. The first-order chi connectivity index (χ1) is 9.29. The molecule has 106 valence electrons. The van der Waals surface area contributed by atoms with Gasteiger partial charge in [0.15, 0.2) is 0 Å². The molecule has 0 saturated heterocycles. The summed E-state index contributed by atoms with van der Waals surface area (Å²) in [5, 5.41) is 0.247.